The van der Waals surface area contributed by atoms with Gasteiger partial charge in [-0.25, -0.2) is 4.57 Å². The van der Waals surface area contributed by atoms with Gasteiger partial charge < -0.3 is 14.7 Å². The van der Waals surface area contributed by atoms with Crippen molar-refractivity contribution in [3.8, 4) is 17.2 Å². The largest absolute Gasteiger partial charge is 0.524 e. The Balaban J connectivity index is 0.000000235. The zero-order valence-electron chi connectivity index (χ0n) is 11.6. The van der Waals surface area contributed by atoms with Crippen molar-refractivity contribution in [2.75, 3.05) is 0 Å². The van der Waals surface area contributed by atoms with E-state index in [9.17, 15) is 4.57 Å². The summed E-state index contributed by atoms with van der Waals surface area (Å²) in [4.78, 5) is 17.2. The fourth-order valence-corrected chi connectivity index (χ4v) is 1.90. The Labute approximate surface area is 122 Å². The number of phenols is 2. The molecule has 0 amide bonds. The predicted octanol–water partition coefficient (Wildman–Crippen LogP) is 2.87. The van der Waals surface area contributed by atoms with Gasteiger partial charge in [-0.3, -0.25) is 9.79 Å². The Morgan fingerprint density at radius 3 is 1.90 bits per heavy atom. The first-order chi connectivity index (χ1) is 9.69. The van der Waals surface area contributed by atoms with Gasteiger partial charge in [0.1, 0.15) is 17.2 Å². The normalized spacial score (nSPS) is 10.5. The molecule has 21 heavy (non-hydrogen) atoms. The van der Waals surface area contributed by atoms with Crippen molar-refractivity contribution in [2.45, 2.75) is 13.8 Å². The van der Waals surface area contributed by atoms with Gasteiger partial charge in [-0.2, -0.15) is 0 Å². The molecule has 0 saturated heterocycles. The van der Waals surface area contributed by atoms with Gasteiger partial charge in [-0.05, 0) is 43.2 Å². The molecule has 0 radical (unpaired) electrons. The molecule has 0 aromatic heterocycles. The molecule has 0 spiro atoms. The third kappa shape index (κ3) is 6.31. The SMILES string of the molecule is Cc1cccc(OP(=O)(O)O)c1C.Oc1cccc(O)c1. The van der Waals surface area contributed by atoms with Crippen molar-refractivity contribution in [2.24, 2.45) is 0 Å². The minimum atomic E-state index is -4.43. The van der Waals surface area contributed by atoms with Gasteiger partial charge in [0.15, 0.2) is 0 Å². The quantitative estimate of drug-likeness (QED) is 0.635. The Bertz CT molecular complexity index is 632. The van der Waals surface area contributed by atoms with Crippen LogP contribution in [0.5, 0.6) is 17.2 Å². The van der Waals surface area contributed by atoms with Crippen LogP contribution < -0.4 is 4.52 Å². The Hall–Kier alpha value is -2.01. The zero-order valence-corrected chi connectivity index (χ0v) is 12.5. The van der Waals surface area contributed by atoms with Crippen LogP contribution in [-0.2, 0) is 4.57 Å². The van der Waals surface area contributed by atoms with Gasteiger partial charge in [-0.1, -0.05) is 18.2 Å². The fraction of sp³-hybridized carbons (Fsp3) is 0.143. The molecule has 0 fully saturated rings. The highest BCUT2D eigenvalue weighted by Crippen LogP contribution is 2.39. The van der Waals surface area contributed by atoms with Crippen molar-refractivity contribution in [3.05, 3.63) is 53.6 Å². The first kappa shape index (κ1) is 17.0. The van der Waals surface area contributed by atoms with E-state index in [1.165, 1.54) is 24.3 Å². The Morgan fingerprint density at radius 2 is 1.48 bits per heavy atom. The van der Waals surface area contributed by atoms with Crippen LogP contribution in [-0.4, -0.2) is 20.0 Å². The van der Waals surface area contributed by atoms with Crippen molar-refractivity contribution in [1.29, 1.82) is 0 Å². The van der Waals surface area contributed by atoms with Crippen molar-refractivity contribution < 1.29 is 29.1 Å². The molecule has 2 rings (SSSR count). The molecule has 6 nitrogen and oxygen atoms in total. The zero-order chi connectivity index (χ0) is 16.0. The van der Waals surface area contributed by atoms with E-state index in [0.29, 0.717) is 0 Å². The number of hydrogen-bond acceptors (Lipinski definition) is 4. The monoisotopic (exact) mass is 312 g/mol. The van der Waals surface area contributed by atoms with E-state index in [1.807, 2.05) is 13.0 Å². The van der Waals surface area contributed by atoms with Crippen LogP contribution in [0, 0.1) is 13.8 Å². The van der Waals surface area contributed by atoms with Gasteiger partial charge >= 0.3 is 7.82 Å². The van der Waals surface area contributed by atoms with Crippen LogP contribution in [0.15, 0.2) is 42.5 Å². The highest BCUT2D eigenvalue weighted by Gasteiger charge is 2.17. The highest BCUT2D eigenvalue weighted by atomic mass is 31.2. The average Bonchev–Trinajstić information content (AvgIpc) is 2.34. The van der Waals surface area contributed by atoms with Crippen molar-refractivity contribution >= 4 is 7.82 Å². The lowest BCUT2D eigenvalue weighted by Gasteiger charge is -2.10. The maximum Gasteiger partial charge on any atom is 0.524 e. The summed E-state index contributed by atoms with van der Waals surface area (Å²) in [6, 6.07) is 10.9. The van der Waals surface area contributed by atoms with Gasteiger partial charge in [-0.15, -0.1) is 0 Å². The summed E-state index contributed by atoms with van der Waals surface area (Å²) in [5, 5.41) is 17.3. The summed E-state index contributed by atoms with van der Waals surface area (Å²) >= 11 is 0. The van der Waals surface area contributed by atoms with Crippen LogP contribution in [0.2, 0.25) is 0 Å². The summed E-state index contributed by atoms with van der Waals surface area (Å²) < 4.78 is 15.0. The second-order valence-corrected chi connectivity index (χ2v) is 5.46. The molecule has 0 heterocycles. The number of phosphoric ester groups is 1. The molecule has 2 aromatic rings. The maximum absolute atomic E-state index is 10.5. The standard InChI is InChI=1S/C8H11O4P.C6H6O2/c1-6-4-3-5-8(7(6)2)12-13(9,10)11;7-5-2-1-3-6(8)4-5/h3-5H,1-2H3,(H2,9,10,11);1-4,7-8H. The molecule has 0 atom stereocenters. The number of aryl methyl sites for hydroxylation is 1. The molecular weight excluding hydrogens is 295 g/mol. The van der Waals surface area contributed by atoms with Crippen LogP contribution in [0.4, 0.5) is 0 Å². The number of aromatic hydroxyl groups is 2. The molecule has 0 bridgehead atoms. The van der Waals surface area contributed by atoms with E-state index in [4.69, 9.17) is 20.0 Å². The molecule has 0 saturated carbocycles. The number of benzene rings is 2. The predicted molar refractivity (Wildman–Crippen MR) is 78.4 cm³/mol. The first-order valence-corrected chi connectivity index (χ1v) is 7.51. The van der Waals surface area contributed by atoms with E-state index in [0.717, 1.165) is 11.1 Å². The summed E-state index contributed by atoms with van der Waals surface area (Å²) in [6.45, 7) is 3.60. The summed E-state index contributed by atoms with van der Waals surface area (Å²) in [6.07, 6.45) is 0. The van der Waals surface area contributed by atoms with Crippen molar-refractivity contribution in [1.82, 2.24) is 0 Å². The third-order valence-electron chi connectivity index (χ3n) is 2.60. The highest BCUT2D eigenvalue weighted by molar-refractivity contribution is 7.46. The summed E-state index contributed by atoms with van der Waals surface area (Å²) in [7, 11) is -4.43. The minimum absolute atomic E-state index is 0.0880. The minimum Gasteiger partial charge on any atom is -0.508 e. The molecule has 0 aliphatic rings. The molecule has 0 aliphatic heterocycles. The number of phosphoric acid groups is 1. The van der Waals surface area contributed by atoms with Gasteiger partial charge in [0.2, 0.25) is 0 Å². The average molecular weight is 312 g/mol. The van der Waals surface area contributed by atoms with Crippen LogP contribution >= 0.6 is 7.82 Å². The molecule has 114 valence electrons. The lowest BCUT2D eigenvalue weighted by Crippen LogP contribution is -1.93. The lowest BCUT2D eigenvalue weighted by molar-refractivity contribution is 0.282. The molecule has 0 aliphatic carbocycles. The fourth-order valence-electron chi connectivity index (χ4n) is 1.44. The maximum atomic E-state index is 10.5. The van der Waals surface area contributed by atoms with Crippen LogP contribution in [0.1, 0.15) is 11.1 Å². The van der Waals surface area contributed by atoms with E-state index >= 15 is 0 Å². The molecule has 0 unspecified atom stereocenters. The topological polar surface area (TPSA) is 107 Å². The Morgan fingerprint density at radius 1 is 0.952 bits per heavy atom. The van der Waals surface area contributed by atoms with Gasteiger partial charge in [0.25, 0.3) is 0 Å². The van der Waals surface area contributed by atoms with E-state index in [1.54, 1.807) is 19.1 Å². The summed E-state index contributed by atoms with van der Waals surface area (Å²) in [5.41, 5.74) is 1.68. The second-order valence-electron chi connectivity index (χ2n) is 4.30. The van der Waals surface area contributed by atoms with Crippen molar-refractivity contribution in [3.63, 3.8) is 0 Å². The first-order valence-electron chi connectivity index (χ1n) is 5.98. The van der Waals surface area contributed by atoms with Crippen LogP contribution in [0.3, 0.4) is 0 Å². The van der Waals surface area contributed by atoms with E-state index in [-0.39, 0.29) is 17.2 Å². The number of rotatable bonds is 2. The molecule has 7 heteroatoms. The smallest absolute Gasteiger partial charge is 0.508 e. The number of hydrogen-bond donors (Lipinski definition) is 4. The van der Waals surface area contributed by atoms with Crippen LogP contribution in [0.25, 0.3) is 0 Å². The Kier molecular flexibility index (Phi) is 5.79. The lowest BCUT2D eigenvalue weighted by atomic mass is 10.1. The number of phenolic OH excluding ortho intramolecular Hbond substituents is 2. The molecule has 4 N–H and O–H groups in total. The molecule has 2 aromatic carbocycles. The van der Waals surface area contributed by atoms with Gasteiger partial charge in [0.05, 0.1) is 0 Å². The van der Waals surface area contributed by atoms with E-state index < -0.39 is 7.82 Å². The van der Waals surface area contributed by atoms with Gasteiger partial charge in [0, 0.05) is 6.07 Å². The molecular formula is C14H17O6P. The summed E-state index contributed by atoms with van der Waals surface area (Å²) in [5.74, 6) is 0.406. The third-order valence-corrected chi connectivity index (χ3v) is 3.04. The van der Waals surface area contributed by atoms with E-state index in [2.05, 4.69) is 4.52 Å². The second kappa shape index (κ2) is 7.13.